The summed E-state index contributed by atoms with van der Waals surface area (Å²) in [5.41, 5.74) is 9.90. The second-order valence-electron chi connectivity index (χ2n) is 4.64. The van der Waals surface area contributed by atoms with E-state index in [0.29, 0.717) is 0 Å². The van der Waals surface area contributed by atoms with E-state index < -0.39 is 0 Å². The van der Waals surface area contributed by atoms with Gasteiger partial charge in [0, 0.05) is 30.4 Å². The van der Waals surface area contributed by atoms with Crippen molar-refractivity contribution in [1.29, 1.82) is 0 Å². The molecule has 0 aliphatic rings. The molecule has 0 saturated heterocycles. The molecule has 1 heterocycles. The lowest BCUT2D eigenvalue weighted by atomic mass is 10.2. The van der Waals surface area contributed by atoms with Gasteiger partial charge in [0.15, 0.2) is 0 Å². The summed E-state index contributed by atoms with van der Waals surface area (Å²) in [6, 6.07) is 14.2. The number of benzene rings is 2. The summed E-state index contributed by atoms with van der Waals surface area (Å²) >= 11 is 0. The summed E-state index contributed by atoms with van der Waals surface area (Å²) in [7, 11) is 1.95. The first-order valence-corrected chi connectivity index (χ1v) is 6.22. The van der Waals surface area contributed by atoms with Gasteiger partial charge in [-0.2, -0.15) is 5.10 Å². The van der Waals surface area contributed by atoms with Crippen molar-refractivity contribution in [2.45, 2.75) is 6.54 Å². The van der Waals surface area contributed by atoms with E-state index in [-0.39, 0.29) is 0 Å². The van der Waals surface area contributed by atoms with Gasteiger partial charge in [-0.05, 0) is 35.9 Å². The lowest BCUT2D eigenvalue weighted by Crippen LogP contribution is -1.99. The highest BCUT2D eigenvalue weighted by atomic mass is 15.2. The Morgan fingerprint density at radius 2 is 1.95 bits per heavy atom. The molecule has 0 bridgehead atoms. The molecule has 19 heavy (non-hydrogen) atoms. The van der Waals surface area contributed by atoms with E-state index in [1.54, 1.807) is 0 Å². The summed E-state index contributed by atoms with van der Waals surface area (Å²) in [5.74, 6) is 0. The molecule has 4 nitrogen and oxygen atoms in total. The molecule has 0 amide bonds. The second kappa shape index (κ2) is 4.65. The van der Waals surface area contributed by atoms with E-state index in [9.17, 15) is 0 Å². The molecule has 3 aromatic rings. The number of hydrogen-bond donors (Lipinski definition) is 2. The molecule has 0 spiro atoms. The van der Waals surface area contributed by atoms with Crippen LogP contribution >= 0.6 is 0 Å². The third-order valence-electron chi connectivity index (χ3n) is 3.22. The third-order valence-corrected chi connectivity index (χ3v) is 3.22. The number of nitrogen functional groups attached to an aromatic ring is 1. The average Bonchev–Trinajstić information content (AvgIpc) is 2.79. The van der Waals surface area contributed by atoms with E-state index >= 15 is 0 Å². The Bertz CT molecular complexity index is 698. The van der Waals surface area contributed by atoms with Gasteiger partial charge in [0.05, 0.1) is 11.7 Å². The Morgan fingerprint density at radius 1 is 1.16 bits per heavy atom. The predicted octanol–water partition coefficient (Wildman–Crippen LogP) is 2.77. The molecule has 3 rings (SSSR count). The Kier molecular flexibility index (Phi) is 2.83. The lowest BCUT2D eigenvalue weighted by molar-refractivity contribution is 0.797. The molecule has 0 unspecified atom stereocenters. The standard InChI is InChI=1S/C15H16N4/c1-19-15-7-6-14(8-12(15)10-18-19)17-9-11-2-4-13(16)5-3-11/h2-8,10,17H,9,16H2,1H3. The van der Waals surface area contributed by atoms with Gasteiger partial charge in [-0.25, -0.2) is 0 Å². The van der Waals surface area contributed by atoms with Gasteiger partial charge in [-0.3, -0.25) is 4.68 Å². The molecule has 0 saturated carbocycles. The van der Waals surface area contributed by atoms with Gasteiger partial charge >= 0.3 is 0 Å². The number of rotatable bonds is 3. The molecular formula is C15H16N4. The van der Waals surface area contributed by atoms with Crippen LogP contribution in [0.2, 0.25) is 0 Å². The minimum Gasteiger partial charge on any atom is -0.399 e. The van der Waals surface area contributed by atoms with Crippen molar-refractivity contribution in [2.24, 2.45) is 7.05 Å². The van der Waals surface area contributed by atoms with Crippen LogP contribution < -0.4 is 11.1 Å². The van der Waals surface area contributed by atoms with Crippen LogP contribution in [0.4, 0.5) is 11.4 Å². The van der Waals surface area contributed by atoms with Gasteiger partial charge < -0.3 is 11.1 Å². The maximum atomic E-state index is 5.67. The van der Waals surface area contributed by atoms with E-state index in [1.165, 1.54) is 5.56 Å². The number of aromatic nitrogens is 2. The van der Waals surface area contributed by atoms with Crippen LogP contribution in [0.1, 0.15) is 5.56 Å². The quantitative estimate of drug-likeness (QED) is 0.705. The topological polar surface area (TPSA) is 55.9 Å². The zero-order chi connectivity index (χ0) is 13.2. The maximum absolute atomic E-state index is 5.67. The van der Waals surface area contributed by atoms with Crippen LogP contribution in [-0.2, 0) is 13.6 Å². The highest BCUT2D eigenvalue weighted by molar-refractivity contribution is 5.82. The summed E-state index contributed by atoms with van der Waals surface area (Å²) in [4.78, 5) is 0. The molecule has 2 aromatic carbocycles. The molecule has 0 fully saturated rings. The fourth-order valence-electron chi connectivity index (χ4n) is 2.11. The number of nitrogens with zero attached hydrogens (tertiary/aromatic N) is 2. The second-order valence-corrected chi connectivity index (χ2v) is 4.64. The summed E-state index contributed by atoms with van der Waals surface area (Å²) in [6.45, 7) is 0.784. The summed E-state index contributed by atoms with van der Waals surface area (Å²) in [6.07, 6.45) is 1.88. The Labute approximate surface area is 111 Å². The van der Waals surface area contributed by atoms with Crippen molar-refractivity contribution in [3.63, 3.8) is 0 Å². The van der Waals surface area contributed by atoms with E-state index in [0.717, 1.165) is 28.8 Å². The van der Waals surface area contributed by atoms with Crippen LogP contribution in [0.25, 0.3) is 10.9 Å². The van der Waals surface area contributed by atoms with E-state index in [4.69, 9.17) is 5.73 Å². The summed E-state index contributed by atoms with van der Waals surface area (Å²) < 4.78 is 1.87. The number of nitrogens with two attached hydrogens (primary N) is 1. The van der Waals surface area contributed by atoms with E-state index in [2.05, 4.69) is 28.6 Å². The monoisotopic (exact) mass is 252 g/mol. The van der Waals surface area contributed by atoms with Crippen LogP contribution in [0.3, 0.4) is 0 Å². The molecule has 3 N–H and O–H groups in total. The van der Waals surface area contributed by atoms with Crippen molar-refractivity contribution in [2.75, 3.05) is 11.1 Å². The van der Waals surface area contributed by atoms with Crippen molar-refractivity contribution >= 4 is 22.3 Å². The van der Waals surface area contributed by atoms with Crippen LogP contribution in [0.15, 0.2) is 48.7 Å². The Balaban J connectivity index is 1.76. The molecule has 96 valence electrons. The molecule has 0 atom stereocenters. The SMILES string of the molecule is Cn1ncc2cc(NCc3ccc(N)cc3)ccc21. The highest BCUT2D eigenvalue weighted by Gasteiger charge is 2.00. The normalized spacial score (nSPS) is 10.8. The highest BCUT2D eigenvalue weighted by Crippen LogP contribution is 2.19. The van der Waals surface area contributed by atoms with Crippen molar-refractivity contribution in [3.8, 4) is 0 Å². The fourth-order valence-corrected chi connectivity index (χ4v) is 2.11. The molecule has 4 heteroatoms. The van der Waals surface area contributed by atoms with Crippen LogP contribution in [0.5, 0.6) is 0 Å². The third kappa shape index (κ3) is 2.38. The Hall–Kier alpha value is -2.49. The van der Waals surface area contributed by atoms with Crippen molar-refractivity contribution in [1.82, 2.24) is 9.78 Å². The number of nitrogens with one attached hydrogen (secondary N) is 1. The predicted molar refractivity (Wildman–Crippen MR) is 78.9 cm³/mol. The Morgan fingerprint density at radius 3 is 2.74 bits per heavy atom. The van der Waals surface area contributed by atoms with Gasteiger partial charge in [0.1, 0.15) is 0 Å². The first kappa shape index (κ1) is 11.6. The molecule has 0 aliphatic heterocycles. The van der Waals surface area contributed by atoms with Gasteiger partial charge in [0.2, 0.25) is 0 Å². The smallest absolute Gasteiger partial charge is 0.0680 e. The first-order chi connectivity index (χ1) is 9.22. The number of hydrogen-bond acceptors (Lipinski definition) is 3. The maximum Gasteiger partial charge on any atom is 0.0680 e. The van der Waals surface area contributed by atoms with Crippen LogP contribution in [0, 0.1) is 0 Å². The van der Waals surface area contributed by atoms with E-state index in [1.807, 2.05) is 42.2 Å². The number of aryl methyl sites for hydroxylation is 1. The first-order valence-electron chi connectivity index (χ1n) is 6.22. The molecule has 0 radical (unpaired) electrons. The number of anilines is 2. The van der Waals surface area contributed by atoms with Crippen molar-refractivity contribution in [3.05, 3.63) is 54.2 Å². The fraction of sp³-hybridized carbons (Fsp3) is 0.133. The minimum absolute atomic E-state index is 0.784. The minimum atomic E-state index is 0.784. The number of fused-ring (bicyclic) bond motifs is 1. The largest absolute Gasteiger partial charge is 0.399 e. The van der Waals surface area contributed by atoms with Gasteiger partial charge in [-0.15, -0.1) is 0 Å². The zero-order valence-corrected chi connectivity index (χ0v) is 10.8. The summed E-state index contributed by atoms with van der Waals surface area (Å²) in [5, 5.41) is 8.79. The van der Waals surface area contributed by atoms with Gasteiger partial charge in [0.25, 0.3) is 0 Å². The molecule has 1 aromatic heterocycles. The van der Waals surface area contributed by atoms with Crippen molar-refractivity contribution < 1.29 is 0 Å². The average molecular weight is 252 g/mol. The molecule has 0 aliphatic carbocycles. The lowest BCUT2D eigenvalue weighted by Gasteiger charge is -2.07. The zero-order valence-electron chi connectivity index (χ0n) is 10.8. The van der Waals surface area contributed by atoms with Gasteiger partial charge in [-0.1, -0.05) is 12.1 Å². The molecular weight excluding hydrogens is 236 g/mol. The van der Waals surface area contributed by atoms with Crippen LogP contribution in [-0.4, -0.2) is 9.78 Å².